The van der Waals surface area contributed by atoms with Crippen molar-refractivity contribution in [2.45, 2.75) is 0 Å². The third-order valence-electron chi connectivity index (χ3n) is 3.41. The molecule has 0 aliphatic carbocycles. The zero-order chi connectivity index (χ0) is 18.2. The number of ether oxygens (including phenoxy) is 3. The Morgan fingerprint density at radius 2 is 1.80 bits per heavy atom. The maximum Gasteiger partial charge on any atom is 0.266 e. The molecule has 0 fully saturated rings. The number of anilines is 1. The monoisotopic (exact) mass is 338 g/mol. The molecule has 6 nitrogen and oxygen atoms in total. The van der Waals surface area contributed by atoms with Crippen LogP contribution in [0, 0.1) is 11.3 Å². The second kappa shape index (κ2) is 8.41. The molecule has 0 aliphatic heterocycles. The van der Waals surface area contributed by atoms with Crippen molar-refractivity contribution in [3.05, 3.63) is 53.6 Å². The minimum absolute atomic E-state index is 0.0250. The topological polar surface area (TPSA) is 80.6 Å². The lowest BCUT2D eigenvalue weighted by Gasteiger charge is -2.10. The predicted octanol–water partition coefficient (Wildman–Crippen LogP) is 3.26. The van der Waals surface area contributed by atoms with Gasteiger partial charge in [-0.1, -0.05) is 12.1 Å². The molecule has 1 N–H and O–H groups in total. The molecule has 25 heavy (non-hydrogen) atoms. The van der Waals surface area contributed by atoms with Gasteiger partial charge in [-0.15, -0.1) is 0 Å². The molecule has 0 radical (unpaired) electrons. The lowest BCUT2D eigenvalue weighted by atomic mass is 10.1. The summed E-state index contributed by atoms with van der Waals surface area (Å²) in [5, 5.41) is 12.0. The molecule has 0 heterocycles. The van der Waals surface area contributed by atoms with Crippen LogP contribution in [0.2, 0.25) is 0 Å². The fourth-order valence-electron chi connectivity index (χ4n) is 2.16. The normalized spacial score (nSPS) is 10.6. The first-order chi connectivity index (χ1) is 12.1. The molecule has 0 aliphatic rings. The van der Waals surface area contributed by atoms with Gasteiger partial charge in [0.15, 0.2) is 11.5 Å². The van der Waals surface area contributed by atoms with Gasteiger partial charge in [0.2, 0.25) is 0 Å². The summed E-state index contributed by atoms with van der Waals surface area (Å²) in [6, 6.07) is 14.0. The van der Waals surface area contributed by atoms with E-state index in [9.17, 15) is 10.1 Å². The molecule has 0 unspecified atom stereocenters. The Balaban J connectivity index is 2.23. The molecule has 0 bridgehead atoms. The number of hydrogen-bond acceptors (Lipinski definition) is 5. The van der Waals surface area contributed by atoms with Gasteiger partial charge < -0.3 is 19.5 Å². The van der Waals surface area contributed by atoms with Crippen molar-refractivity contribution in [2.24, 2.45) is 0 Å². The molecule has 2 rings (SSSR count). The molecule has 0 spiro atoms. The van der Waals surface area contributed by atoms with E-state index in [4.69, 9.17) is 14.2 Å². The van der Waals surface area contributed by atoms with Crippen molar-refractivity contribution in [1.29, 1.82) is 5.26 Å². The lowest BCUT2D eigenvalue weighted by molar-refractivity contribution is -0.112. The van der Waals surface area contributed by atoms with Gasteiger partial charge in [-0.25, -0.2) is 0 Å². The van der Waals surface area contributed by atoms with Crippen LogP contribution < -0.4 is 19.5 Å². The third kappa shape index (κ3) is 4.52. The van der Waals surface area contributed by atoms with Crippen molar-refractivity contribution in [3.63, 3.8) is 0 Å². The number of hydrogen-bond donors (Lipinski definition) is 1. The van der Waals surface area contributed by atoms with Gasteiger partial charge in [-0.2, -0.15) is 5.26 Å². The van der Waals surface area contributed by atoms with Gasteiger partial charge in [-0.3, -0.25) is 4.79 Å². The molecule has 128 valence electrons. The number of benzene rings is 2. The number of nitrogens with one attached hydrogen (secondary N) is 1. The van der Waals surface area contributed by atoms with E-state index in [1.54, 1.807) is 49.6 Å². The smallest absolute Gasteiger partial charge is 0.266 e. The minimum Gasteiger partial charge on any atom is -0.497 e. The molecular formula is C19H18N2O4. The van der Waals surface area contributed by atoms with E-state index < -0.39 is 5.91 Å². The van der Waals surface area contributed by atoms with Gasteiger partial charge in [-0.05, 0) is 35.9 Å². The largest absolute Gasteiger partial charge is 0.497 e. The van der Waals surface area contributed by atoms with E-state index >= 15 is 0 Å². The molecule has 0 aromatic heterocycles. The number of amides is 1. The van der Waals surface area contributed by atoms with E-state index in [1.807, 2.05) is 6.07 Å². The standard InChI is InChI=1S/C19H18N2O4/c1-23-16-6-4-5-13(10-16)9-14(12-20)19(22)21-15-7-8-17(24-2)18(11-15)25-3/h4-11H,1-3H3,(H,21,22)/b14-9+. The highest BCUT2D eigenvalue weighted by molar-refractivity contribution is 6.09. The maximum absolute atomic E-state index is 12.4. The molecule has 0 saturated heterocycles. The average Bonchev–Trinajstić information content (AvgIpc) is 2.65. The first-order valence-corrected chi connectivity index (χ1v) is 7.40. The Labute approximate surface area is 146 Å². The Bertz CT molecular complexity index is 838. The summed E-state index contributed by atoms with van der Waals surface area (Å²) in [5.74, 6) is 1.16. The maximum atomic E-state index is 12.4. The Hall–Kier alpha value is -3.46. The second-order valence-electron chi connectivity index (χ2n) is 4.97. The summed E-state index contributed by atoms with van der Waals surface area (Å²) in [7, 11) is 4.59. The van der Waals surface area contributed by atoms with Crippen LogP contribution >= 0.6 is 0 Å². The van der Waals surface area contributed by atoms with Crippen LogP contribution in [0.3, 0.4) is 0 Å². The van der Waals surface area contributed by atoms with Crippen molar-refractivity contribution < 1.29 is 19.0 Å². The van der Waals surface area contributed by atoms with E-state index in [1.165, 1.54) is 20.3 Å². The number of nitrogens with zero attached hydrogens (tertiary/aromatic N) is 1. The molecule has 0 atom stereocenters. The fourth-order valence-corrected chi connectivity index (χ4v) is 2.16. The summed E-state index contributed by atoms with van der Waals surface area (Å²) < 4.78 is 15.5. The highest BCUT2D eigenvalue weighted by Gasteiger charge is 2.12. The van der Waals surface area contributed by atoms with E-state index in [0.717, 1.165) is 0 Å². The van der Waals surface area contributed by atoms with Crippen molar-refractivity contribution in [2.75, 3.05) is 26.6 Å². The first kappa shape index (κ1) is 17.9. The molecular weight excluding hydrogens is 320 g/mol. The van der Waals surface area contributed by atoms with Crippen molar-refractivity contribution >= 4 is 17.7 Å². The molecule has 0 saturated carbocycles. The summed E-state index contributed by atoms with van der Waals surface area (Å²) >= 11 is 0. The van der Waals surface area contributed by atoms with E-state index in [2.05, 4.69) is 5.32 Å². The van der Waals surface area contributed by atoms with Crippen LogP contribution in [0.25, 0.3) is 6.08 Å². The van der Waals surface area contributed by atoms with Gasteiger partial charge >= 0.3 is 0 Å². The quantitative estimate of drug-likeness (QED) is 0.646. The van der Waals surface area contributed by atoms with E-state index in [0.29, 0.717) is 28.5 Å². The molecule has 6 heteroatoms. The van der Waals surface area contributed by atoms with Crippen LogP contribution in [0.1, 0.15) is 5.56 Å². The summed E-state index contributed by atoms with van der Waals surface area (Å²) in [5.41, 5.74) is 1.16. The summed E-state index contributed by atoms with van der Waals surface area (Å²) in [4.78, 5) is 12.4. The number of nitriles is 1. The summed E-state index contributed by atoms with van der Waals surface area (Å²) in [6.45, 7) is 0. The first-order valence-electron chi connectivity index (χ1n) is 7.40. The van der Waals surface area contributed by atoms with Crippen molar-refractivity contribution in [3.8, 4) is 23.3 Å². The molecule has 2 aromatic rings. The van der Waals surface area contributed by atoms with Crippen molar-refractivity contribution in [1.82, 2.24) is 0 Å². The van der Waals surface area contributed by atoms with Gasteiger partial charge in [0, 0.05) is 11.8 Å². The van der Waals surface area contributed by atoms with Crippen LogP contribution in [0.5, 0.6) is 17.2 Å². The third-order valence-corrected chi connectivity index (χ3v) is 3.41. The molecule has 2 aromatic carbocycles. The van der Waals surface area contributed by atoms with E-state index in [-0.39, 0.29) is 5.57 Å². The Morgan fingerprint density at radius 3 is 2.44 bits per heavy atom. The number of rotatable bonds is 6. The SMILES string of the molecule is COc1cccc(/C=C(\C#N)C(=O)Nc2ccc(OC)c(OC)c2)c1. The van der Waals surface area contributed by atoms with Gasteiger partial charge in [0.05, 0.1) is 21.3 Å². The second-order valence-corrected chi connectivity index (χ2v) is 4.97. The van der Waals surface area contributed by atoms with Gasteiger partial charge in [0.25, 0.3) is 5.91 Å². The lowest BCUT2D eigenvalue weighted by Crippen LogP contribution is -2.13. The number of carbonyl (C=O) groups excluding carboxylic acids is 1. The van der Waals surface area contributed by atoms with Crippen LogP contribution in [0.15, 0.2) is 48.0 Å². The Morgan fingerprint density at radius 1 is 1.04 bits per heavy atom. The van der Waals surface area contributed by atoms with Crippen LogP contribution in [-0.4, -0.2) is 27.2 Å². The van der Waals surface area contributed by atoms with Crippen LogP contribution in [0.4, 0.5) is 5.69 Å². The zero-order valence-electron chi connectivity index (χ0n) is 14.2. The highest BCUT2D eigenvalue weighted by Crippen LogP contribution is 2.30. The number of carbonyl (C=O) groups is 1. The minimum atomic E-state index is -0.516. The molecule has 1 amide bonds. The van der Waals surface area contributed by atoms with Gasteiger partial charge in [0.1, 0.15) is 17.4 Å². The fraction of sp³-hybridized carbons (Fsp3) is 0.158. The highest BCUT2D eigenvalue weighted by atomic mass is 16.5. The zero-order valence-corrected chi connectivity index (χ0v) is 14.2. The number of methoxy groups -OCH3 is 3. The van der Waals surface area contributed by atoms with Crippen LogP contribution in [-0.2, 0) is 4.79 Å². The Kier molecular flexibility index (Phi) is 6.02. The predicted molar refractivity (Wildman–Crippen MR) is 94.8 cm³/mol. The summed E-state index contributed by atoms with van der Waals surface area (Å²) in [6.07, 6.45) is 1.50. The average molecular weight is 338 g/mol.